The van der Waals surface area contributed by atoms with Crippen molar-refractivity contribution >= 4 is 40.8 Å². The van der Waals surface area contributed by atoms with E-state index >= 15 is 0 Å². The molecule has 0 bridgehead atoms. The molecule has 1 aromatic rings. The van der Waals surface area contributed by atoms with E-state index in [0.717, 1.165) is 6.42 Å². The normalized spacial score (nSPS) is 16.3. The molecule has 1 aromatic carbocycles. The number of carbonyl (C=O) groups excluding carboxylic acids is 1. The summed E-state index contributed by atoms with van der Waals surface area (Å²) in [6, 6.07) is 4.74. The van der Waals surface area contributed by atoms with E-state index in [2.05, 4.69) is 10.6 Å². The van der Waals surface area contributed by atoms with Crippen molar-refractivity contribution in [2.45, 2.75) is 24.8 Å². The third-order valence-corrected chi connectivity index (χ3v) is 3.97. The van der Waals surface area contributed by atoms with Crippen LogP contribution >= 0.6 is 23.2 Å². The number of rotatable bonds is 5. The number of hydrogen-bond acceptors (Lipinski definition) is 3. The van der Waals surface area contributed by atoms with Gasteiger partial charge in [-0.25, -0.2) is 0 Å². The SMILES string of the molecule is O=C(CNC1(C(=O)O)CCC1)Nc1cc(Cl)ccc1Cl. The van der Waals surface area contributed by atoms with Gasteiger partial charge in [0.1, 0.15) is 5.54 Å². The van der Waals surface area contributed by atoms with E-state index < -0.39 is 11.5 Å². The van der Waals surface area contributed by atoms with Crippen LogP contribution in [0.3, 0.4) is 0 Å². The maximum Gasteiger partial charge on any atom is 0.323 e. The van der Waals surface area contributed by atoms with Crippen molar-refractivity contribution in [2.24, 2.45) is 0 Å². The highest BCUT2D eigenvalue weighted by Gasteiger charge is 2.44. The fourth-order valence-corrected chi connectivity index (χ4v) is 2.37. The standard InChI is InChI=1S/C13H14Cl2N2O3/c14-8-2-3-9(15)10(6-8)17-11(18)7-16-13(12(19)20)4-1-5-13/h2-3,6,16H,1,4-5,7H2,(H,17,18)(H,19,20). The minimum Gasteiger partial charge on any atom is -0.480 e. The van der Waals surface area contributed by atoms with Crippen molar-refractivity contribution in [3.63, 3.8) is 0 Å². The zero-order valence-corrected chi connectivity index (χ0v) is 12.1. The Kier molecular flexibility index (Phi) is 4.52. The summed E-state index contributed by atoms with van der Waals surface area (Å²) >= 11 is 11.8. The van der Waals surface area contributed by atoms with Crippen LogP contribution in [-0.2, 0) is 9.59 Å². The van der Waals surface area contributed by atoms with Crippen molar-refractivity contribution < 1.29 is 14.7 Å². The zero-order chi connectivity index (χ0) is 14.8. The lowest BCUT2D eigenvalue weighted by molar-refractivity contribution is -0.148. The maximum atomic E-state index is 11.8. The minimum atomic E-state index is -0.963. The lowest BCUT2D eigenvalue weighted by atomic mass is 9.77. The van der Waals surface area contributed by atoms with Gasteiger partial charge < -0.3 is 10.4 Å². The van der Waals surface area contributed by atoms with Gasteiger partial charge in [0.05, 0.1) is 17.3 Å². The molecule has 1 saturated carbocycles. The van der Waals surface area contributed by atoms with Gasteiger partial charge in [0.15, 0.2) is 0 Å². The lowest BCUT2D eigenvalue weighted by Crippen LogP contribution is -2.58. The molecule has 0 spiro atoms. The topological polar surface area (TPSA) is 78.4 Å². The molecule has 0 saturated heterocycles. The van der Waals surface area contributed by atoms with Gasteiger partial charge in [0.2, 0.25) is 5.91 Å². The van der Waals surface area contributed by atoms with Crippen LogP contribution in [0.1, 0.15) is 19.3 Å². The number of carboxylic acid groups (broad SMARTS) is 1. The first kappa shape index (κ1) is 15.1. The summed E-state index contributed by atoms with van der Waals surface area (Å²) in [5, 5.41) is 15.4. The average Bonchev–Trinajstić information content (AvgIpc) is 2.32. The summed E-state index contributed by atoms with van der Waals surface area (Å²) in [6.45, 7) is -0.0882. The Morgan fingerprint density at radius 3 is 2.55 bits per heavy atom. The summed E-state index contributed by atoms with van der Waals surface area (Å²) < 4.78 is 0. The molecular formula is C13H14Cl2N2O3. The monoisotopic (exact) mass is 316 g/mol. The first-order valence-corrected chi connectivity index (χ1v) is 6.92. The first-order valence-electron chi connectivity index (χ1n) is 6.16. The molecule has 5 nitrogen and oxygen atoms in total. The number of anilines is 1. The summed E-state index contributed by atoms with van der Waals surface area (Å²) in [6.07, 6.45) is 1.92. The maximum absolute atomic E-state index is 11.8. The molecule has 1 amide bonds. The van der Waals surface area contributed by atoms with Crippen LogP contribution in [0.5, 0.6) is 0 Å². The molecule has 0 aliphatic heterocycles. The van der Waals surface area contributed by atoms with Gasteiger partial charge in [-0.05, 0) is 37.5 Å². The zero-order valence-electron chi connectivity index (χ0n) is 10.6. The Bertz CT molecular complexity index is 544. The van der Waals surface area contributed by atoms with E-state index in [1.54, 1.807) is 12.1 Å². The fraction of sp³-hybridized carbons (Fsp3) is 0.385. The number of halogens is 2. The Hall–Kier alpha value is -1.30. The molecule has 0 heterocycles. The number of hydrogen-bond donors (Lipinski definition) is 3. The number of amides is 1. The molecule has 0 radical (unpaired) electrons. The van der Waals surface area contributed by atoms with Gasteiger partial charge in [-0.15, -0.1) is 0 Å². The lowest BCUT2D eigenvalue weighted by Gasteiger charge is -2.38. The summed E-state index contributed by atoms with van der Waals surface area (Å²) in [5.74, 6) is -1.28. The van der Waals surface area contributed by atoms with Crippen LogP contribution in [0.2, 0.25) is 10.0 Å². The van der Waals surface area contributed by atoms with Crippen molar-refractivity contribution in [3.05, 3.63) is 28.2 Å². The van der Waals surface area contributed by atoms with Gasteiger partial charge in [0, 0.05) is 5.02 Å². The molecule has 1 aliphatic carbocycles. The molecule has 7 heteroatoms. The van der Waals surface area contributed by atoms with E-state index in [1.807, 2.05) is 0 Å². The number of benzene rings is 1. The molecule has 0 unspecified atom stereocenters. The molecule has 1 aliphatic rings. The summed E-state index contributed by atoms with van der Waals surface area (Å²) in [5.41, 5.74) is -0.556. The van der Waals surface area contributed by atoms with Gasteiger partial charge in [-0.2, -0.15) is 0 Å². The van der Waals surface area contributed by atoms with Crippen LogP contribution in [0, 0.1) is 0 Å². The van der Waals surface area contributed by atoms with E-state index in [1.165, 1.54) is 6.07 Å². The largest absolute Gasteiger partial charge is 0.480 e. The van der Waals surface area contributed by atoms with E-state index in [-0.39, 0.29) is 12.5 Å². The molecule has 0 aromatic heterocycles. The van der Waals surface area contributed by atoms with Crippen molar-refractivity contribution in [3.8, 4) is 0 Å². The Balaban J connectivity index is 1.93. The second-order valence-electron chi connectivity index (χ2n) is 4.77. The Labute approximate surface area is 126 Å². The Morgan fingerprint density at radius 2 is 2.00 bits per heavy atom. The highest BCUT2D eigenvalue weighted by atomic mass is 35.5. The predicted molar refractivity (Wildman–Crippen MR) is 77.3 cm³/mol. The molecule has 20 heavy (non-hydrogen) atoms. The first-order chi connectivity index (χ1) is 9.43. The minimum absolute atomic E-state index is 0.0882. The van der Waals surface area contributed by atoms with E-state index in [0.29, 0.717) is 28.6 Å². The fourth-order valence-electron chi connectivity index (χ4n) is 2.03. The number of aliphatic carboxylic acids is 1. The highest BCUT2D eigenvalue weighted by molar-refractivity contribution is 6.35. The summed E-state index contributed by atoms with van der Waals surface area (Å²) in [7, 11) is 0. The molecule has 0 atom stereocenters. The molecule has 108 valence electrons. The highest BCUT2D eigenvalue weighted by Crippen LogP contribution is 2.32. The van der Waals surface area contributed by atoms with Crippen LogP contribution in [-0.4, -0.2) is 29.1 Å². The second kappa shape index (κ2) is 5.99. The van der Waals surface area contributed by atoms with Crippen LogP contribution < -0.4 is 10.6 Å². The van der Waals surface area contributed by atoms with Gasteiger partial charge in [0.25, 0.3) is 0 Å². The van der Waals surface area contributed by atoms with Crippen molar-refractivity contribution in [1.82, 2.24) is 5.32 Å². The molecule has 2 rings (SSSR count). The van der Waals surface area contributed by atoms with Gasteiger partial charge >= 0.3 is 5.97 Å². The average molecular weight is 317 g/mol. The third-order valence-electron chi connectivity index (χ3n) is 3.41. The van der Waals surface area contributed by atoms with E-state index in [9.17, 15) is 9.59 Å². The third kappa shape index (κ3) is 3.23. The van der Waals surface area contributed by atoms with Gasteiger partial charge in [-0.3, -0.25) is 14.9 Å². The second-order valence-corrected chi connectivity index (χ2v) is 5.61. The molecule has 3 N–H and O–H groups in total. The molecule has 1 fully saturated rings. The smallest absolute Gasteiger partial charge is 0.323 e. The number of carboxylic acids is 1. The van der Waals surface area contributed by atoms with Crippen LogP contribution in [0.15, 0.2) is 18.2 Å². The van der Waals surface area contributed by atoms with Gasteiger partial charge in [-0.1, -0.05) is 23.2 Å². The molecular weight excluding hydrogens is 303 g/mol. The summed E-state index contributed by atoms with van der Waals surface area (Å²) in [4.78, 5) is 23.0. The Morgan fingerprint density at radius 1 is 1.30 bits per heavy atom. The number of carbonyl (C=O) groups is 2. The van der Waals surface area contributed by atoms with E-state index in [4.69, 9.17) is 28.3 Å². The van der Waals surface area contributed by atoms with Crippen LogP contribution in [0.4, 0.5) is 5.69 Å². The van der Waals surface area contributed by atoms with Crippen LogP contribution in [0.25, 0.3) is 0 Å². The predicted octanol–water partition coefficient (Wildman–Crippen LogP) is 2.53. The number of nitrogens with one attached hydrogen (secondary N) is 2. The van der Waals surface area contributed by atoms with Crippen molar-refractivity contribution in [1.29, 1.82) is 0 Å². The quantitative estimate of drug-likeness (QED) is 0.780. The van der Waals surface area contributed by atoms with Crippen molar-refractivity contribution in [2.75, 3.05) is 11.9 Å².